The summed E-state index contributed by atoms with van der Waals surface area (Å²) in [5, 5.41) is 3.64. The molecule has 0 unspecified atom stereocenters. The Labute approximate surface area is 133 Å². The molecule has 2 rings (SSSR count). The Kier molecular flexibility index (Phi) is 5.20. The standard InChI is InChI=1S/C15H16ClN3OS/c1-4-21-15-17-8-11(16)13(19-15)14(20)18-12-6-5-9(2)7-10(12)3/h5-8H,4H2,1-3H3,(H,18,20). The van der Waals surface area contributed by atoms with E-state index in [9.17, 15) is 4.79 Å². The highest BCUT2D eigenvalue weighted by molar-refractivity contribution is 7.99. The second-order valence-corrected chi connectivity index (χ2v) is 6.19. The third kappa shape index (κ3) is 3.95. The van der Waals surface area contributed by atoms with Crippen LogP contribution in [0.25, 0.3) is 0 Å². The van der Waals surface area contributed by atoms with Gasteiger partial charge in [0, 0.05) is 5.69 Å². The number of thioether (sulfide) groups is 1. The summed E-state index contributed by atoms with van der Waals surface area (Å²) in [5.74, 6) is 0.507. The lowest BCUT2D eigenvalue weighted by atomic mass is 10.1. The molecular weight excluding hydrogens is 306 g/mol. The molecule has 1 aromatic carbocycles. The Bertz CT molecular complexity index is 676. The average molecular weight is 322 g/mol. The number of nitrogens with one attached hydrogen (secondary N) is 1. The van der Waals surface area contributed by atoms with Gasteiger partial charge >= 0.3 is 0 Å². The topological polar surface area (TPSA) is 54.9 Å². The minimum absolute atomic E-state index is 0.197. The van der Waals surface area contributed by atoms with Crippen molar-refractivity contribution < 1.29 is 4.79 Å². The molecule has 0 aliphatic heterocycles. The molecule has 0 atom stereocenters. The number of amides is 1. The maximum Gasteiger partial charge on any atom is 0.275 e. The van der Waals surface area contributed by atoms with E-state index < -0.39 is 0 Å². The molecule has 0 saturated carbocycles. The number of halogens is 1. The van der Waals surface area contributed by atoms with E-state index >= 15 is 0 Å². The summed E-state index contributed by atoms with van der Waals surface area (Å²) in [5.41, 5.74) is 3.09. The van der Waals surface area contributed by atoms with Gasteiger partial charge in [-0.1, -0.05) is 48.0 Å². The third-order valence-corrected chi connectivity index (χ3v) is 3.86. The summed E-state index contributed by atoms with van der Waals surface area (Å²) < 4.78 is 0. The lowest BCUT2D eigenvalue weighted by Crippen LogP contribution is -2.16. The molecule has 0 aliphatic carbocycles. The Morgan fingerprint density at radius 3 is 2.81 bits per heavy atom. The van der Waals surface area contributed by atoms with Crippen LogP contribution < -0.4 is 5.32 Å². The van der Waals surface area contributed by atoms with Crippen molar-refractivity contribution in [1.29, 1.82) is 0 Å². The van der Waals surface area contributed by atoms with Gasteiger partial charge in [0.2, 0.25) is 0 Å². The highest BCUT2D eigenvalue weighted by Gasteiger charge is 2.15. The summed E-state index contributed by atoms with van der Waals surface area (Å²) in [7, 11) is 0. The number of rotatable bonds is 4. The van der Waals surface area contributed by atoms with E-state index in [4.69, 9.17) is 11.6 Å². The lowest BCUT2D eigenvalue weighted by molar-refractivity contribution is 0.102. The third-order valence-electron chi connectivity index (χ3n) is 2.84. The summed E-state index contributed by atoms with van der Waals surface area (Å²) in [4.78, 5) is 20.6. The second-order valence-electron chi connectivity index (χ2n) is 4.55. The van der Waals surface area contributed by atoms with Crippen LogP contribution in [0.1, 0.15) is 28.5 Å². The van der Waals surface area contributed by atoms with Crippen molar-refractivity contribution in [3.8, 4) is 0 Å². The van der Waals surface area contributed by atoms with Crippen LogP contribution in [0.15, 0.2) is 29.6 Å². The van der Waals surface area contributed by atoms with Crippen molar-refractivity contribution >= 4 is 35.0 Å². The monoisotopic (exact) mass is 321 g/mol. The Morgan fingerprint density at radius 2 is 2.14 bits per heavy atom. The Morgan fingerprint density at radius 1 is 1.38 bits per heavy atom. The molecule has 0 radical (unpaired) electrons. The number of aromatic nitrogens is 2. The van der Waals surface area contributed by atoms with Crippen molar-refractivity contribution in [3.63, 3.8) is 0 Å². The first-order valence-electron chi connectivity index (χ1n) is 6.55. The van der Waals surface area contributed by atoms with E-state index in [1.165, 1.54) is 18.0 Å². The van der Waals surface area contributed by atoms with Crippen molar-refractivity contribution in [1.82, 2.24) is 9.97 Å². The highest BCUT2D eigenvalue weighted by atomic mass is 35.5. The van der Waals surface area contributed by atoms with Crippen LogP contribution >= 0.6 is 23.4 Å². The molecular formula is C15H16ClN3OS. The van der Waals surface area contributed by atoms with Gasteiger partial charge in [-0.25, -0.2) is 9.97 Å². The van der Waals surface area contributed by atoms with Crippen LogP contribution in [-0.2, 0) is 0 Å². The van der Waals surface area contributed by atoms with Crippen LogP contribution in [0.5, 0.6) is 0 Å². The van der Waals surface area contributed by atoms with Gasteiger partial charge in [-0.2, -0.15) is 0 Å². The van der Waals surface area contributed by atoms with Gasteiger partial charge in [-0.05, 0) is 31.2 Å². The number of aryl methyl sites for hydroxylation is 2. The molecule has 0 spiro atoms. The quantitative estimate of drug-likeness (QED) is 0.680. The van der Waals surface area contributed by atoms with E-state index in [2.05, 4.69) is 15.3 Å². The summed E-state index contributed by atoms with van der Waals surface area (Å²) >= 11 is 7.49. The van der Waals surface area contributed by atoms with Gasteiger partial charge in [-0.15, -0.1) is 0 Å². The smallest absolute Gasteiger partial charge is 0.275 e. The number of hydrogen-bond donors (Lipinski definition) is 1. The zero-order chi connectivity index (χ0) is 15.4. The van der Waals surface area contributed by atoms with Gasteiger partial charge in [0.15, 0.2) is 10.9 Å². The van der Waals surface area contributed by atoms with Gasteiger partial charge in [0.1, 0.15) is 0 Å². The van der Waals surface area contributed by atoms with Gasteiger partial charge in [0.25, 0.3) is 5.91 Å². The summed E-state index contributed by atoms with van der Waals surface area (Å²) in [6.45, 7) is 5.95. The SMILES string of the molecule is CCSc1ncc(Cl)c(C(=O)Nc2ccc(C)cc2C)n1. The molecule has 1 N–H and O–H groups in total. The largest absolute Gasteiger partial charge is 0.320 e. The van der Waals surface area contributed by atoms with Gasteiger partial charge in [-0.3, -0.25) is 4.79 Å². The zero-order valence-corrected chi connectivity index (χ0v) is 13.7. The van der Waals surface area contributed by atoms with Crippen molar-refractivity contribution in [2.75, 3.05) is 11.1 Å². The van der Waals surface area contributed by atoms with Crippen molar-refractivity contribution in [2.45, 2.75) is 25.9 Å². The number of benzene rings is 1. The van der Waals surface area contributed by atoms with Gasteiger partial charge < -0.3 is 5.32 Å². The molecule has 0 saturated heterocycles. The Hall–Kier alpha value is -1.59. The minimum atomic E-state index is -0.327. The number of nitrogens with zero attached hydrogens (tertiary/aromatic N) is 2. The predicted molar refractivity (Wildman–Crippen MR) is 87.3 cm³/mol. The molecule has 0 bridgehead atoms. The van der Waals surface area contributed by atoms with E-state index in [0.717, 1.165) is 22.6 Å². The molecule has 6 heteroatoms. The van der Waals surface area contributed by atoms with E-state index in [-0.39, 0.29) is 16.6 Å². The first kappa shape index (κ1) is 15.8. The van der Waals surface area contributed by atoms with Crippen LogP contribution in [0.3, 0.4) is 0 Å². The normalized spacial score (nSPS) is 10.5. The number of carbonyl (C=O) groups is 1. The number of hydrogen-bond acceptors (Lipinski definition) is 4. The first-order chi connectivity index (χ1) is 10.0. The maximum atomic E-state index is 12.3. The molecule has 2 aromatic rings. The molecule has 1 amide bonds. The Balaban J connectivity index is 2.25. The average Bonchev–Trinajstić information content (AvgIpc) is 2.44. The van der Waals surface area contributed by atoms with Crippen LogP contribution in [0.2, 0.25) is 5.02 Å². The maximum absolute atomic E-state index is 12.3. The second kappa shape index (κ2) is 6.91. The minimum Gasteiger partial charge on any atom is -0.320 e. The number of anilines is 1. The number of carbonyl (C=O) groups excluding carboxylic acids is 1. The van der Waals surface area contributed by atoms with Crippen LogP contribution in [-0.4, -0.2) is 21.6 Å². The molecule has 1 heterocycles. The molecule has 0 fully saturated rings. The van der Waals surface area contributed by atoms with E-state index in [0.29, 0.717) is 5.16 Å². The molecule has 1 aromatic heterocycles. The zero-order valence-electron chi connectivity index (χ0n) is 12.1. The summed E-state index contributed by atoms with van der Waals surface area (Å²) in [6, 6.07) is 5.83. The highest BCUT2D eigenvalue weighted by Crippen LogP contribution is 2.21. The summed E-state index contributed by atoms with van der Waals surface area (Å²) in [6.07, 6.45) is 1.46. The van der Waals surface area contributed by atoms with E-state index in [1.807, 2.05) is 39.0 Å². The predicted octanol–water partition coefficient (Wildman–Crippen LogP) is 4.11. The molecule has 21 heavy (non-hydrogen) atoms. The lowest BCUT2D eigenvalue weighted by Gasteiger charge is -2.10. The fourth-order valence-corrected chi connectivity index (χ4v) is 2.56. The first-order valence-corrected chi connectivity index (χ1v) is 7.91. The fourth-order valence-electron chi connectivity index (χ4n) is 1.84. The fraction of sp³-hybridized carbons (Fsp3) is 0.267. The molecule has 0 aliphatic rings. The molecule has 110 valence electrons. The van der Waals surface area contributed by atoms with E-state index in [1.54, 1.807) is 0 Å². The molecule has 4 nitrogen and oxygen atoms in total. The van der Waals surface area contributed by atoms with Crippen molar-refractivity contribution in [2.24, 2.45) is 0 Å². The van der Waals surface area contributed by atoms with Crippen LogP contribution in [0.4, 0.5) is 5.69 Å². The van der Waals surface area contributed by atoms with Crippen molar-refractivity contribution in [3.05, 3.63) is 46.2 Å². The van der Waals surface area contributed by atoms with Crippen LogP contribution in [0, 0.1) is 13.8 Å². The van der Waals surface area contributed by atoms with Gasteiger partial charge in [0.05, 0.1) is 11.2 Å².